The van der Waals surface area contributed by atoms with E-state index in [2.05, 4.69) is 20.3 Å². The lowest BCUT2D eigenvalue weighted by Gasteiger charge is -2.34. The fourth-order valence-corrected chi connectivity index (χ4v) is 3.33. The van der Waals surface area contributed by atoms with E-state index in [1.54, 1.807) is 36.2 Å². The van der Waals surface area contributed by atoms with Gasteiger partial charge in [0.05, 0.1) is 18.0 Å². The molecule has 1 amide bonds. The summed E-state index contributed by atoms with van der Waals surface area (Å²) in [6.45, 7) is 6.46. The molecule has 4 rings (SSSR count). The lowest BCUT2D eigenvalue weighted by Crippen LogP contribution is -2.49. The van der Waals surface area contributed by atoms with Gasteiger partial charge in [0.25, 0.3) is 5.91 Å². The quantitative estimate of drug-likeness (QED) is 0.633. The molecule has 2 aromatic heterocycles. The first kappa shape index (κ1) is 19.7. The molecule has 0 N–H and O–H groups in total. The van der Waals surface area contributed by atoms with Crippen LogP contribution in [0.15, 0.2) is 36.5 Å². The molecule has 156 valence electrons. The minimum atomic E-state index is -0.332. The standard InChI is InChI=1S/C20H22FN7O2/c1-3-30-17-8-9-22-20(23-17)27-12-10-26(11-13-27)19(29)18-14(2)28(25-24-18)16-6-4-15(21)5-7-16/h4-9H,3,10-13H2,1-2H3. The molecule has 0 aliphatic carbocycles. The molecule has 0 unspecified atom stereocenters. The van der Waals surface area contributed by atoms with Crippen LogP contribution in [0.3, 0.4) is 0 Å². The molecular weight excluding hydrogens is 389 g/mol. The molecule has 1 fully saturated rings. The van der Waals surface area contributed by atoms with Crippen molar-refractivity contribution >= 4 is 11.9 Å². The van der Waals surface area contributed by atoms with Gasteiger partial charge in [0.15, 0.2) is 5.69 Å². The maximum Gasteiger partial charge on any atom is 0.276 e. The Morgan fingerprint density at radius 3 is 2.57 bits per heavy atom. The summed E-state index contributed by atoms with van der Waals surface area (Å²) in [6.07, 6.45) is 1.67. The van der Waals surface area contributed by atoms with Crippen molar-refractivity contribution in [1.29, 1.82) is 0 Å². The van der Waals surface area contributed by atoms with E-state index in [1.165, 1.54) is 16.8 Å². The molecule has 9 nitrogen and oxygen atoms in total. The van der Waals surface area contributed by atoms with Crippen LogP contribution in [-0.4, -0.2) is 68.6 Å². The number of benzene rings is 1. The van der Waals surface area contributed by atoms with Gasteiger partial charge in [-0.2, -0.15) is 4.98 Å². The highest BCUT2D eigenvalue weighted by Gasteiger charge is 2.27. The summed E-state index contributed by atoms with van der Waals surface area (Å²) in [4.78, 5) is 25.5. The summed E-state index contributed by atoms with van der Waals surface area (Å²) < 4.78 is 20.1. The van der Waals surface area contributed by atoms with E-state index in [0.29, 0.717) is 61.7 Å². The van der Waals surface area contributed by atoms with Gasteiger partial charge in [0.1, 0.15) is 5.82 Å². The molecule has 1 aromatic carbocycles. The molecule has 1 aliphatic rings. The summed E-state index contributed by atoms with van der Waals surface area (Å²) in [5, 5.41) is 8.15. The van der Waals surface area contributed by atoms with Crippen molar-refractivity contribution in [3.05, 3.63) is 53.7 Å². The Balaban J connectivity index is 1.44. The van der Waals surface area contributed by atoms with Gasteiger partial charge in [-0.05, 0) is 38.1 Å². The van der Waals surface area contributed by atoms with Crippen LogP contribution in [0.2, 0.25) is 0 Å². The minimum Gasteiger partial charge on any atom is -0.478 e. The van der Waals surface area contributed by atoms with Crippen LogP contribution in [0, 0.1) is 12.7 Å². The predicted molar refractivity (Wildman–Crippen MR) is 107 cm³/mol. The fraction of sp³-hybridized carbons (Fsp3) is 0.350. The third-order valence-corrected chi connectivity index (χ3v) is 4.93. The number of rotatable bonds is 5. The van der Waals surface area contributed by atoms with Crippen LogP contribution < -0.4 is 9.64 Å². The second-order valence-corrected chi connectivity index (χ2v) is 6.82. The Labute approximate surface area is 173 Å². The van der Waals surface area contributed by atoms with Gasteiger partial charge in [-0.25, -0.2) is 14.1 Å². The van der Waals surface area contributed by atoms with Crippen LogP contribution >= 0.6 is 0 Å². The smallest absolute Gasteiger partial charge is 0.276 e. The van der Waals surface area contributed by atoms with Crippen molar-refractivity contribution in [2.75, 3.05) is 37.7 Å². The van der Waals surface area contributed by atoms with Crippen molar-refractivity contribution in [2.24, 2.45) is 0 Å². The van der Waals surface area contributed by atoms with E-state index in [4.69, 9.17) is 4.74 Å². The van der Waals surface area contributed by atoms with Crippen LogP contribution in [0.1, 0.15) is 23.1 Å². The van der Waals surface area contributed by atoms with Gasteiger partial charge in [0.2, 0.25) is 11.8 Å². The van der Waals surface area contributed by atoms with Crippen LogP contribution in [0.4, 0.5) is 10.3 Å². The molecule has 1 saturated heterocycles. The number of amides is 1. The summed E-state index contributed by atoms with van der Waals surface area (Å²) in [6, 6.07) is 7.61. The van der Waals surface area contributed by atoms with Crippen LogP contribution in [-0.2, 0) is 0 Å². The fourth-order valence-electron chi connectivity index (χ4n) is 3.33. The molecule has 3 heterocycles. The number of piperazine rings is 1. The maximum atomic E-state index is 13.2. The zero-order valence-corrected chi connectivity index (χ0v) is 16.8. The Morgan fingerprint density at radius 2 is 1.87 bits per heavy atom. The number of carbonyl (C=O) groups excluding carboxylic acids is 1. The molecular formula is C20H22FN7O2. The predicted octanol–water partition coefficient (Wildman–Crippen LogP) is 1.87. The van der Waals surface area contributed by atoms with Crippen molar-refractivity contribution in [3.8, 4) is 11.6 Å². The molecule has 0 spiro atoms. The third-order valence-electron chi connectivity index (χ3n) is 4.93. The number of carbonyl (C=O) groups is 1. The minimum absolute atomic E-state index is 0.176. The van der Waals surface area contributed by atoms with E-state index >= 15 is 0 Å². The highest BCUT2D eigenvalue weighted by molar-refractivity contribution is 5.93. The second-order valence-electron chi connectivity index (χ2n) is 6.82. The number of halogens is 1. The van der Waals surface area contributed by atoms with Gasteiger partial charge in [-0.15, -0.1) is 5.10 Å². The normalized spacial score (nSPS) is 14.1. The van der Waals surface area contributed by atoms with E-state index in [-0.39, 0.29) is 11.7 Å². The molecule has 0 radical (unpaired) electrons. The van der Waals surface area contributed by atoms with E-state index in [0.717, 1.165) is 0 Å². The summed E-state index contributed by atoms with van der Waals surface area (Å²) in [5.74, 6) is 0.617. The van der Waals surface area contributed by atoms with E-state index in [9.17, 15) is 9.18 Å². The van der Waals surface area contributed by atoms with Crippen LogP contribution in [0.5, 0.6) is 5.88 Å². The first-order valence-corrected chi connectivity index (χ1v) is 9.75. The molecule has 10 heteroatoms. The number of hydrogen-bond donors (Lipinski definition) is 0. The zero-order chi connectivity index (χ0) is 21.1. The maximum absolute atomic E-state index is 13.2. The largest absolute Gasteiger partial charge is 0.478 e. The van der Waals surface area contributed by atoms with Crippen molar-refractivity contribution < 1.29 is 13.9 Å². The van der Waals surface area contributed by atoms with Crippen molar-refractivity contribution in [1.82, 2.24) is 29.9 Å². The lowest BCUT2D eigenvalue weighted by atomic mass is 10.2. The SMILES string of the molecule is CCOc1ccnc(N2CCN(C(=O)c3nnn(-c4ccc(F)cc4)c3C)CC2)n1. The number of ether oxygens (including phenoxy) is 1. The first-order valence-electron chi connectivity index (χ1n) is 9.75. The van der Waals surface area contributed by atoms with Gasteiger partial charge in [-0.1, -0.05) is 5.21 Å². The Morgan fingerprint density at radius 1 is 1.13 bits per heavy atom. The zero-order valence-electron chi connectivity index (χ0n) is 16.8. The second kappa shape index (κ2) is 8.44. The van der Waals surface area contributed by atoms with Crippen LogP contribution in [0.25, 0.3) is 5.69 Å². The highest BCUT2D eigenvalue weighted by atomic mass is 19.1. The summed E-state index contributed by atoms with van der Waals surface area (Å²) in [7, 11) is 0. The average molecular weight is 411 g/mol. The van der Waals surface area contributed by atoms with E-state index < -0.39 is 0 Å². The first-order chi connectivity index (χ1) is 14.6. The summed E-state index contributed by atoms with van der Waals surface area (Å²) >= 11 is 0. The number of anilines is 1. The van der Waals surface area contributed by atoms with Gasteiger partial charge in [0, 0.05) is 38.4 Å². The molecule has 0 bridgehead atoms. The number of aromatic nitrogens is 5. The van der Waals surface area contributed by atoms with Crippen molar-refractivity contribution in [2.45, 2.75) is 13.8 Å². The third kappa shape index (κ3) is 3.93. The van der Waals surface area contributed by atoms with Gasteiger partial charge >= 0.3 is 0 Å². The highest BCUT2D eigenvalue weighted by Crippen LogP contribution is 2.18. The average Bonchev–Trinajstić information content (AvgIpc) is 3.15. The Hall–Kier alpha value is -3.56. The number of hydrogen-bond acceptors (Lipinski definition) is 7. The van der Waals surface area contributed by atoms with Gasteiger partial charge in [-0.3, -0.25) is 4.79 Å². The summed E-state index contributed by atoms with van der Waals surface area (Å²) in [5.41, 5.74) is 1.56. The topological polar surface area (TPSA) is 89.3 Å². The molecule has 0 saturated carbocycles. The lowest BCUT2D eigenvalue weighted by molar-refractivity contribution is 0.0739. The molecule has 1 aliphatic heterocycles. The molecule has 0 atom stereocenters. The molecule has 30 heavy (non-hydrogen) atoms. The Bertz CT molecular complexity index is 1030. The van der Waals surface area contributed by atoms with Crippen molar-refractivity contribution in [3.63, 3.8) is 0 Å². The number of nitrogens with zero attached hydrogens (tertiary/aromatic N) is 7. The monoisotopic (exact) mass is 411 g/mol. The van der Waals surface area contributed by atoms with E-state index in [1.807, 2.05) is 11.8 Å². The van der Waals surface area contributed by atoms with Gasteiger partial charge < -0.3 is 14.5 Å². The molecule has 3 aromatic rings. The Kier molecular flexibility index (Phi) is 5.55.